The highest BCUT2D eigenvalue weighted by molar-refractivity contribution is 7.81. The van der Waals surface area contributed by atoms with E-state index in [-0.39, 0.29) is 18.2 Å². The van der Waals surface area contributed by atoms with Crippen LogP contribution in [0.3, 0.4) is 0 Å². The Hall–Kier alpha value is -2.47. The molecule has 0 aromatic heterocycles. The van der Waals surface area contributed by atoms with Gasteiger partial charge in [-0.3, -0.25) is 4.79 Å². The van der Waals surface area contributed by atoms with Gasteiger partial charge in [-0.15, -0.1) is 0 Å². The molecule has 0 aliphatic rings. The molecule has 6 heteroatoms. The van der Waals surface area contributed by atoms with Crippen LogP contribution < -0.4 is 10.1 Å². The molecule has 144 valence electrons. The molecule has 2 N–H and O–H groups in total. The first-order valence-electron chi connectivity index (χ1n) is 8.93. The van der Waals surface area contributed by atoms with Crippen molar-refractivity contribution in [2.75, 3.05) is 0 Å². The minimum atomic E-state index is -1.07. The minimum Gasteiger partial charge on any atom is -0.480 e. The van der Waals surface area contributed by atoms with Crippen LogP contribution in [0.25, 0.3) is 0 Å². The first-order valence-corrected chi connectivity index (χ1v) is 9.45. The maximum Gasteiger partial charge on any atom is 0.326 e. The molecular weight excluding hydrogens is 362 g/mol. The van der Waals surface area contributed by atoms with Gasteiger partial charge in [0.25, 0.3) is 0 Å². The van der Waals surface area contributed by atoms with Crippen LogP contribution in [0.5, 0.6) is 11.5 Å². The second-order valence-corrected chi connectivity index (χ2v) is 7.05. The molecule has 0 aliphatic carbocycles. The average molecular weight is 388 g/mol. The van der Waals surface area contributed by atoms with Gasteiger partial charge in [-0.25, -0.2) is 4.79 Å². The highest BCUT2D eigenvalue weighted by Crippen LogP contribution is 2.21. The van der Waals surface area contributed by atoms with E-state index in [0.29, 0.717) is 5.75 Å². The van der Waals surface area contributed by atoms with E-state index < -0.39 is 17.3 Å². The number of hydrogen-bond acceptors (Lipinski definition) is 4. The zero-order valence-electron chi connectivity index (χ0n) is 15.5. The van der Waals surface area contributed by atoms with E-state index in [0.717, 1.165) is 17.7 Å². The Labute approximate surface area is 165 Å². The Morgan fingerprint density at radius 1 is 1.07 bits per heavy atom. The zero-order valence-corrected chi connectivity index (χ0v) is 16.4. The molecule has 0 heterocycles. The SMILES string of the molecule is CC[C@@H](C)[C@H](S)C(=O)N[C@@H](Cc1ccc(Oc2ccccc2)cc1)C(=O)O. The lowest BCUT2D eigenvalue weighted by Crippen LogP contribution is -2.46. The summed E-state index contributed by atoms with van der Waals surface area (Å²) in [4.78, 5) is 23.8. The van der Waals surface area contributed by atoms with Crippen LogP contribution >= 0.6 is 12.6 Å². The summed E-state index contributed by atoms with van der Waals surface area (Å²) in [6.45, 7) is 3.88. The van der Waals surface area contributed by atoms with Crippen LogP contribution in [-0.2, 0) is 16.0 Å². The minimum absolute atomic E-state index is 0.0668. The van der Waals surface area contributed by atoms with Crippen molar-refractivity contribution in [3.8, 4) is 11.5 Å². The van der Waals surface area contributed by atoms with E-state index >= 15 is 0 Å². The molecule has 0 saturated heterocycles. The van der Waals surface area contributed by atoms with Gasteiger partial charge in [0, 0.05) is 6.42 Å². The van der Waals surface area contributed by atoms with Crippen molar-refractivity contribution in [3.05, 3.63) is 60.2 Å². The molecule has 5 nitrogen and oxygen atoms in total. The number of carboxylic acid groups (broad SMARTS) is 1. The monoisotopic (exact) mass is 387 g/mol. The number of carbonyl (C=O) groups excluding carboxylic acids is 1. The molecule has 0 saturated carbocycles. The van der Waals surface area contributed by atoms with E-state index in [9.17, 15) is 14.7 Å². The summed E-state index contributed by atoms with van der Waals surface area (Å²) in [7, 11) is 0. The van der Waals surface area contributed by atoms with Crippen LogP contribution in [0.4, 0.5) is 0 Å². The molecule has 0 bridgehead atoms. The summed E-state index contributed by atoms with van der Waals surface area (Å²) in [5.41, 5.74) is 0.794. The number of benzene rings is 2. The summed E-state index contributed by atoms with van der Waals surface area (Å²) < 4.78 is 5.72. The molecule has 1 amide bonds. The van der Waals surface area contributed by atoms with Gasteiger partial charge in [0.2, 0.25) is 5.91 Å². The highest BCUT2D eigenvalue weighted by Gasteiger charge is 2.26. The Balaban J connectivity index is 1.99. The Morgan fingerprint density at radius 3 is 2.22 bits per heavy atom. The first-order chi connectivity index (χ1) is 12.9. The number of aliphatic carboxylic acids is 1. The number of nitrogens with one attached hydrogen (secondary N) is 1. The quantitative estimate of drug-likeness (QED) is 0.570. The Morgan fingerprint density at radius 2 is 1.67 bits per heavy atom. The number of thiol groups is 1. The van der Waals surface area contributed by atoms with Crippen molar-refractivity contribution in [2.24, 2.45) is 5.92 Å². The third kappa shape index (κ3) is 6.32. The molecule has 0 spiro atoms. The number of hydrogen-bond donors (Lipinski definition) is 3. The van der Waals surface area contributed by atoms with Crippen LogP contribution in [0.15, 0.2) is 54.6 Å². The lowest BCUT2D eigenvalue weighted by molar-refractivity contribution is -0.141. The molecule has 2 aromatic rings. The fourth-order valence-corrected chi connectivity index (χ4v) is 2.78. The maximum absolute atomic E-state index is 12.2. The van der Waals surface area contributed by atoms with Crippen molar-refractivity contribution in [1.29, 1.82) is 0 Å². The van der Waals surface area contributed by atoms with Crippen LogP contribution in [0.1, 0.15) is 25.8 Å². The van der Waals surface area contributed by atoms with Gasteiger partial charge < -0.3 is 15.2 Å². The normalized spacial score (nSPS) is 14.0. The largest absolute Gasteiger partial charge is 0.480 e. The summed E-state index contributed by atoms with van der Waals surface area (Å²) in [6, 6.07) is 15.6. The van der Waals surface area contributed by atoms with E-state index in [2.05, 4.69) is 17.9 Å². The van der Waals surface area contributed by atoms with Crippen molar-refractivity contribution >= 4 is 24.5 Å². The Bertz CT molecular complexity index is 749. The fraction of sp³-hybridized carbons (Fsp3) is 0.333. The first kappa shape index (κ1) is 20.8. The maximum atomic E-state index is 12.2. The third-order valence-corrected chi connectivity index (χ3v) is 5.15. The molecule has 2 aromatic carbocycles. The van der Waals surface area contributed by atoms with Gasteiger partial charge in [-0.1, -0.05) is 50.6 Å². The van der Waals surface area contributed by atoms with Crippen molar-refractivity contribution in [3.63, 3.8) is 0 Å². The summed E-state index contributed by atoms with van der Waals surface area (Å²) in [6.07, 6.45) is 0.982. The highest BCUT2D eigenvalue weighted by atomic mass is 32.1. The number of carbonyl (C=O) groups is 2. The number of rotatable bonds is 9. The smallest absolute Gasteiger partial charge is 0.326 e. The predicted octanol–water partition coefficient (Wildman–Crippen LogP) is 3.94. The van der Waals surface area contributed by atoms with E-state index in [4.69, 9.17) is 4.74 Å². The lowest BCUT2D eigenvalue weighted by Gasteiger charge is -2.21. The van der Waals surface area contributed by atoms with Gasteiger partial charge in [-0.05, 0) is 35.7 Å². The summed E-state index contributed by atoms with van der Waals surface area (Å²) in [5.74, 6) is 0.0257. The van der Waals surface area contributed by atoms with E-state index in [1.54, 1.807) is 24.3 Å². The average Bonchev–Trinajstić information content (AvgIpc) is 2.68. The van der Waals surface area contributed by atoms with Crippen molar-refractivity contribution in [1.82, 2.24) is 5.32 Å². The van der Waals surface area contributed by atoms with Gasteiger partial charge in [0.1, 0.15) is 17.5 Å². The van der Waals surface area contributed by atoms with Crippen LogP contribution in [0, 0.1) is 5.92 Å². The fourth-order valence-electron chi connectivity index (χ4n) is 2.49. The van der Waals surface area contributed by atoms with Crippen molar-refractivity contribution in [2.45, 2.75) is 38.0 Å². The van der Waals surface area contributed by atoms with Crippen LogP contribution in [0.2, 0.25) is 0 Å². The topological polar surface area (TPSA) is 75.6 Å². The summed E-state index contributed by atoms with van der Waals surface area (Å²) >= 11 is 4.31. The molecule has 0 unspecified atom stereocenters. The molecular formula is C21H25NO4S. The van der Waals surface area contributed by atoms with E-state index in [1.165, 1.54) is 0 Å². The second-order valence-electron chi connectivity index (χ2n) is 6.49. The van der Waals surface area contributed by atoms with Gasteiger partial charge in [0.15, 0.2) is 0 Å². The third-order valence-electron chi connectivity index (χ3n) is 4.41. The zero-order chi connectivity index (χ0) is 19.8. The van der Waals surface area contributed by atoms with E-state index in [1.807, 2.05) is 44.2 Å². The van der Waals surface area contributed by atoms with Crippen molar-refractivity contribution < 1.29 is 19.4 Å². The number of amides is 1. The molecule has 0 radical (unpaired) electrons. The van der Waals surface area contributed by atoms with Gasteiger partial charge in [0.05, 0.1) is 5.25 Å². The lowest BCUT2D eigenvalue weighted by atomic mass is 10.0. The Kier molecular flexibility index (Phi) is 7.73. The molecule has 0 aliphatic heterocycles. The van der Waals surface area contributed by atoms with Gasteiger partial charge >= 0.3 is 5.97 Å². The predicted molar refractivity (Wildman–Crippen MR) is 108 cm³/mol. The number of para-hydroxylation sites is 1. The molecule has 2 rings (SSSR count). The number of carboxylic acids is 1. The molecule has 3 atom stereocenters. The summed E-state index contributed by atoms with van der Waals surface area (Å²) in [5, 5.41) is 11.5. The second kappa shape index (κ2) is 10.0. The van der Waals surface area contributed by atoms with Crippen LogP contribution in [-0.4, -0.2) is 28.3 Å². The standard InChI is InChI=1S/C21H25NO4S/c1-3-14(2)19(27)20(23)22-18(21(24)25)13-15-9-11-17(12-10-15)26-16-7-5-4-6-8-16/h4-12,14,18-19,27H,3,13H2,1-2H3,(H,22,23)(H,24,25)/t14-,18+,19+/m1/s1. The number of ether oxygens (including phenoxy) is 1. The molecule has 27 heavy (non-hydrogen) atoms. The molecule has 0 fully saturated rings. The van der Waals surface area contributed by atoms with Gasteiger partial charge in [-0.2, -0.15) is 12.6 Å².